The molecule has 104 valence electrons. The minimum Gasteiger partial charge on any atom is -0.389 e. The molecule has 0 aliphatic heterocycles. The van der Waals surface area contributed by atoms with Crippen molar-refractivity contribution in [1.29, 1.82) is 0 Å². The first-order valence-corrected chi connectivity index (χ1v) is 6.51. The van der Waals surface area contributed by atoms with E-state index in [4.69, 9.17) is 4.74 Å². The minimum atomic E-state index is -0.727. The van der Waals surface area contributed by atoms with Gasteiger partial charge in [0, 0.05) is 51.5 Å². The summed E-state index contributed by atoms with van der Waals surface area (Å²) in [6.45, 7) is 6.75. The molecule has 1 atom stereocenters. The molecular weight excluding hydrogens is 230 g/mol. The molecule has 0 saturated heterocycles. The van der Waals surface area contributed by atoms with Gasteiger partial charge in [-0.1, -0.05) is 6.92 Å². The zero-order valence-corrected chi connectivity index (χ0v) is 11.6. The van der Waals surface area contributed by atoms with Crippen molar-refractivity contribution in [2.75, 3.05) is 20.3 Å². The molecule has 0 saturated carbocycles. The predicted molar refractivity (Wildman–Crippen MR) is 71.3 cm³/mol. The molecule has 1 heterocycles. The second-order valence-corrected chi connectivity index (χ2v) is 4.95. The summed E-state index contributed by atoms with van der Waals surface area (Å²) in [7, 11) is 1.64. The van der Waals surface area contributed by atoms with Crippen LogP contribution in [0.4, 0.5) is 0 Å². The van der Waals surface area contributed by atoms with Crippen LogP contribution in [0.5, 0.6) is 0 Å². The fraction of sp³-hybridized carbons (Fsp3) is 0.769. The van der Waals surface area contributed by atoms with Gasteiger partial charge in [-0.05, 0) is 13.3 Å². The Balaban J connectivity index is 2.27. The van der Waals surface area contributed by atoms with Gasteiger partial charge in [-0.15, -0.1) is 0 Å². The third-order valence-electron chi connectivity index (χ3n) is 2.82. The summed E-state index contributed by atoms with van der Waals surface area (Å²) in [5.74, 6) is 0. The van der Waals surface area contributed by atoms with Gasteiger partial charge in [-0.25, -0.2) is 0 Å². The van der Waals surface area contributed by atoms with E-state index in [1.165, 1.54) is 0 Å². The molecule has 1 rings (SSSR count). The minimum absolute atomic E-state index is 0.551. The summed E-state index contributed by atoms with van der Waals surface area (Å²) in [5, 5.41) is 17.6. The number of aliphatic hydroxyl groups is 1. The highest BCUT2D eigenvalue weighted by molar-refractivity contribution is 5.03. The molecular formula is C13H25N3O2. The van der Waals surface area contributed by atoms with Crippen LogP contribution in [0.2, 0.25) is 0 Å². The molecule has 5 heteroatoms. The van der Waals surface area contributed by atoms with Crippen LogP contribution in [-0.2, 0) is 17.8 Å². The van der Waals surface area contributed by atoms with Gasteiger partial charge in [0.1, 0.15) is 0 Å². The molecule has 0 amide bonds. The number of nitrogens with one attached hydrogen (secondary N) is 1. The molecule has 0 radical (unpaired) electrons. The molecule has 0 bridgehead atoms. The Kier molecular flexibility index (Phi) is 6.32. The zero-order chi connectivity index (χ0) is 13.4. The molecule has 5 nitrogen and oxygen atoms in total. The highest BCUT2D eigenvalue weighted by Gasteiger charge is 2.19. The van der Waals surface area contributed by atoms with E-state index in [-0.39, 0.29) is 0 Å². The number of rotatable bonds is 9. The Hall–Kier alpha value is -0.910. The van der Waals surface area contributed by atoms with E-state index >= 15 is 0 Å². The summed E-state index contributed by atoms with van der Waals surface area (Å²) in [6.07, 6.45) is 5.62. The average Bonchev–Trinajstić information content (AvgIpc) is 2.75. The first-order chi connectivity index (χ1) is 8.57. The molecule has 0 aliphatic carbocycles. The average molecular weight is 255 g/mol. The Morgan fingerprint density at radius 2 is 2.33 bits per heavy atom. The van der Waals surface area contributed by atoms with Crippen LogP contribution in [0.1, 0.15) is 32.3 Å². The Morgan fingerprint density at radius 3 is 3.00 bits per heavy atom. The maximum Gasteiger partial charge on any atom is 0.0765 e. The second kappa shape index (κ2) is 7.51. The lowest BCUT2D eigenvalue weighted by Crippen LogP contribution is -2.38. The maximum atomic E-state index is 10.0. The second-order valence-electron chi connectivity index (χ2n) is 4.95. The van der Waals surface area contributed by atoms with Gasteiger partial charge < -0.3 is 15.2 Å². The quantitative estimate of drug-likeness (QED) is 0.695. The van der Waals surface area contributed by atoms with Gasteiger partial charge in [-0.3, -0.25) is 4.68 Å². The van der Waals surface area contributed by atoms with Crippen molar-refractivity contribution in [3.8, 4) is 0 Å². The third-order valence-corrected chi connectivity index (χ3v) is 2.82. The Bertz CT molecular complexity index is 337. The molecule has 1 aromatic heterocycles. The van der Waals surface area contributed by atoms with Gasteiger partial charge >= 0.3 is 0 Å². The lowest BCUT2D eigenvalue weighted by atomic mass is 10.0. The van der Waals surface area contributed by atoms with E-state index in [2.05, 4.69) is 17.3 Å². The van der Waals surface area contributed by atoms with Crippen LogP contribution >= 0.6 is 0 Å². The lowest BCUT2D eigenvalue weighted by molar-refractivity contribution is 0.0247. The molecule has 0 fully saturated rings. The number of aromatic nitrogens is 2. The zero-order valence-electron chi connectivity index (χ0n) is 11.6. The molecule has 1 aromatic rings. The molecule has 0 aliphatic rings. The van der Waals surface area contributed by atoms with Crippen LogP contribution in [0.25, 0.3) is 0 Å². The summed E-state index contributed by atoms with van der Waals surface area (Å²) in [4.78, 5) is 0. The van der Waals surface area contributed by atoms with Crippen molar-refractivity contribution >= 4 is 0 Å². The fourth-order valence-electron chi connectivity index (χ4n) is 1.74. The SMILES string of the molecule is CCCn1cc(CNCC(C)(O)CCOC)cn1. The van der Waals surface area contributed by atoms with Crippen molar-refractivity contribution in [3.05, 3.63) is 18.0 Å². The van der Waals surface area contributed by atoms with Crippen molar-refractivity contribution < 1.29 is 9.84 Å². The van der Waals surface area contributed by atoms with Crippen molar-refractivity contribution in [2.24, 2.45) is 0 Å². The van der Waals surface area contributed by atoms with Gasteiger partial charge in [0.2, 0.25) is 0 Å². The summed E-state index contributed by atoms with van der Waals surface area (Å²) >= 11 is 0. The molecule has 1 unspecified atom stereocenters. The monoisotopic (exact) mass is 255 g/mol. The van der Waals surface area contributed by atoms with Crippen LogP contribution < -0.4 is 5.32 Å². The predicted octanol–water partition coefficient (Wildman–Crippen LogP) is 1.17. The molecule has 0 spiro atoms. The van der Waals surface area contributed by atoms with E-state index in [1.807, 2.05) is 24.0 Å². The molecule has 18 heavy (non-hydrogen) atoms. The third kappa shape index (κ3) is 5.62. The van der Waals surface area contributed by atoms with E-state index < -0.39 is 5.60 Å². The largest absolute Gasteiger partial charge is 0.389 e. The van der Waals surface area contributed by atoms with Crippen LogP contribution in [0.3, 0.4) is 0 Å². The number of aryl methyl sites for hydroxylation is 1. The van der Waals surface area contributed by atoms with Crippen LogP contribution in [0, 0.1) is 0 Å². The Morgan fingerprint density at radius 1 is 1.56 bits per heavy atom. The summed E-state index contributed by atoms with van der Waals surface area (Å²) < 4.78 is 6.92. The highest BCUT2D eigenvalue weighted by atomic mass is 16.5. The standard InChI is InChI=1S/C13H25N3O2/c1-4-6-16-10-12(9-15-16)8-14-11-13(2,17)5-7-18-3/h9-10,14,17H,4-8,11H2,1-3H3. The molecule has 0 aromatic carbocycles. The van der Waals surface area contributed by atoms with E-state index in [9.17, 15) is 5.11 Å². The molecule has 2 N–H and O–H groups in total. The van der Waals surface area contributed by atoms with E-state index in [1.54, 1.807) is 7.11 Å². The number of methoxy groups -OCH3 is 1. The smallest absolute Gasteiger partial charge is 0.0765 e. The fourth-order valence-corrected chi connectivity index (χ4v) is 1.74. The Labute approximate surface area is 109 Å². The van der Waals surface area contributed by atoms with Crippen molar-refractivity contribution in [3.63, 3.8) is 0 Å². The number of nitrogens with zero attached hydrogens (tertiary/aromatic N) is 2. The first-order valence-electron chi connectivity index (χ1n) is 6.51. The maximum absolute atomic E-state index is 10.0. The van der Waals surface area contributed by atoms with Crippen molar-refractivity contribution in [1.82, 2.24) is 15.1 Å². The highest BCUT2D eigenvalue weighted by Crippen LogP contribution is 2.08. The first kappa shape index (κ1) is 15.1. The van der Waals surface area contributed by atoms with Crippen LogP contribution in [-0.4, -0.2) is 40.7 Å². The topological polar surface area (TPSA) is 59.3 Å². The van der Waals surface area contributed by atoms with Gasteiger partial charge in [-0.2, -0.15) is 5.10 Å². The number of ether oxygens (including phenoxy) is 1. The summed E-state index contributed by atoms with van der Waals surface area (Å²) in [5.41, 5.74) is 0.418. The van der Waals surface area contributed by atoms with Crippen molar-refractivity contribution in [2.45, 2.75) is 45.4 Å². The number of hydrogen-bond acceptors (Lipinski definition) is 4. The van der Waals surface area contributed by atoms with E-state index in [0.717, 1.165) is 25.1 Å². The van der Waals surface area contributed by atoms with Gasteiger partial charge in [0.15, 0.2) is 0 Å². The number of hydrogen-bond donors (Lipinski definition) is 2. The van der Waals surface area contributed by atoms with Gasteiger partial charge in [0.25, 0.3) is 0 Å². The summed E-state index contributed by atoms with van der Waals surface area (Å²) in [6, 6.07) is 0. The van der Waals surface area contributed by atoms with E-state index in [0.29, 0.717) is 19.6 Å². The lowest BCUT2D eigenvalue weighted by Gasteiger charge is -2.23. The van der Waals surface area contributed by atoms with Crippen LogP contribution in [0.15, 0.2) is 12.4 Å². The normalized spacial score (nSPS) is 14.7. The van der Waals surface area contributed by atoms with Gasteiger partial charge in [0.05, 0.1) is 11.8 Å².